The summed E-state index contributed by atoms with van der Waals surface area (Å²) in [5, 5.41) is 3.91. The predicted molar refractivity (Wildman–Crippen MR) is 102 cm³/mol. The minimum atomic E-state index is -0.372. The zero-order chi connectivity index (χ0) is 18.1. The second-order valence-corrected chi connectivity index (χ2v) is 6.61. The molecule has 0 radical (unpaired) electrons. The highest BCUT2D eigenvalue weighted by atomic mass is 16.2. The van der Waals surface area contributed by atoms with Gasteiger partial charge < -0.3 is 10.2 Å². The lowest BCUT2D eigenvalue weighted by molar-refractivity contribution is -0.122. The van der Waals surface area contributed by atoms with Crippen LogP contribution in [0.25, 0.3) is 10.9 Å². The van der Waals surface area contributed by atoms with Crippen LogP contribution in [-0.2, 0) is 9.59 Å². The van der Waals surface area contributed by atoms with E-state index in [0.717, 1.165) is 22.2 Å². The van der Waals surface area contributed by atoms with Crippen molar-refractivity contribution in [3.8, 4) is 0 Å². The maximum atomic E-state index is 12.7. The molecule has 26 heavy (non-hydrogen) atoms. The fraction of sp³-hybridized carbons (Fsp3) is 0.190. The monoisotopic (exact) mass is 345 g/mol. The SMILES string of the molecule is Cc1ccc(N2CC(C(=O)Nc3cccc4cccnc34)CC2=O)cc1. The Kier molecular flexibility index (Phi) is 4.13. The summed E-state index contributed by atoms with van der Waals surface area (Å²) < 4.78 is 0. The van der Waals surface area contributed by atoms with Crippen molar-refractivity contribution in [1.82, 2.24) is 4.98 Å². The van der Waals surface area contributed by atoms with E-state index in [9.17, 15) is 9.59 Å². The van der Waals surface area contributed by atoms with Crippen LogP contribution in [0.5, 0.6) is 0 Å². The van der Waals surface area contributed by atoms with Crippen LogP contribution in [0.15, 0.2) is 60.8 Å². The summed E-state index contributed by atoms with van der Waals surface area (Å²) in [6.45, 7) is 2.40. The van der Waals surface area contributed by atoms with Crippen molar-refractivity contribution in [3.05, 3.63) is 66.4 Å². The van der Waals surface area contributed by atoms with Crippen LogP contribution in [0.4, 0.5) is 11.4 Å². The number of nitrogens with one attached hydrogen (secondary N) is 1. The number of hydrogen-bond acceptors (Lipinski definition) is 3. The van der Waals surface area contributed by atoms with Gasteiger partial charge in [0.05, 0.1) is 17.1 Å². The molecule has 1 aliphatic heterocycles. The number of carbonyl (C=O) groups is 2. The van der Waals surface area contributed by atoms with Crippen LogP contribution in [0.1, 0.15) is 12.0 Å². The maximum Gasteiger partial charge on any atom is 0.229 e. The molecule has 5 heteroatoms. The van der Waals surface area contributed by atoms with Crippen LogP contribution in [0.3, 0.4) is 0 Å². The molecule has 2 aromatic carbocycles. The zero-order valence-corrected chi connectivity index (χ0v) is 14.5. The topological polar surface area (TPSA) is 62.3 Å². The molecule has 0 saturated carbocycles. The van der Waals surface area contributed by atoms with Crippen molar-refractivity contribution in [1.29, 1.82) is 0 Å². The number of pyridine rings is 1. The molecule has 4 rings (SSSR count). The summed E-state index contributed by atoms with van der Waals surface area (Å²) in [6.07, 6.45) is 1.92. The van der Waals surface area contributed by atoms with Crippen molar-refractivity contribution in [3.63, 3.8) is 0 Å². The van der Waals surface area contributed by atoms with E-state index in [4.69, 9.17) is 0 Å². The van der Waals surface area contributed by atoms with E-state index >= 15 is 0 Å². The Labute approximate surface area is 151 Å². The highest BCUT2D eigenvalue weighted by Crippen LogP contribution is 2.27. The Hall–Kier alpha value is -3.21. The number of rotatable bonds is 3. The number of para-hydroxylation sites is 1. The predicted octanol–water partition coefficient (Wildman–Crippen LogP) is 3.53. The van der Waals surface area contributed by atoms with Crippen molar-refractivity contribution in [2.75, 3.05) is 16.8 Å². The molecule has 0 spiro atoms. The first-order valence-corrected chi connectivity index (χ1v) is 8.63. The lowest BCUT2D eigenvalue weighted by Gasteiger charge is -2.17. The van der Waals surface area contributed by atoms with Gasteiger partial charge in [0, 0.05) is 30.2 Å². The molecule has 0 bridgehead atoms. The van der Waals surface area contributed by atoms with Crippen LogP contribution in [-0.4, -0.2) is 23.3 Å². The molecule has 1 atom stereocenters. The average molecular weight is 345 g/mol. The van der Waals surface area contributed by atoms with Gasteiger partial charge in [-0.1, -0.05) is 35.9 Å². The van der Waals surface area contributed by atoms with E-state index in [1.165, 1.54) is 0 Å². The standard InChI is InChI=1S/C21H19N3O2/c1-14-7-9-17(10-8-14)24-13-16(12-19(24)25)21(26)23-18-6-2-4-15-5-3-11-22-20(15)18/h2-11,16H,12-13H2,1H3,(H,23,26). The number of fused-ring (bicyclic) bond motifs is 1. The van der Waals surface area contributed by atoms with E-state index < -0.39 is 0 Å². The fourth-order valence-corrected chi connectivity index (χ4v) is 3.30. The molecule has 3 aromatic rings. The van der Waals surface area contributed by atoms with Crippen LogP contribution in [0.2, 0.25) is 0 Å². The van der Waals surface area contributed by atoms with Gasteiger partial charge in [0.1, 0.15) is 0 Å². The summed E-state index contributed by atoms with van der Waals surface area (Å²) in [6, 6.07) is 17.3. The minimum absolute atomic E-state index is 0.0231. The van der Waals surface area contributed by atoms with Gasteiger partial charge in [-0.05, 0) is 31.2 Å². The Bertz CT molecular complexity index is 977. The normalized spacial score (nSPS) is 16.9. The molecule has 1 unspecified atom stereocenters. The Balaban J connectivity index is 1.52. The Morgan fingerprint density at radius 2 is 1.88 bits per heavy atom. The van der Waals surface area contributed by atoms with Crippen LogP contribution >= 0.6 is 0 Å². The van der Waals surface area contributed by atoms with Gasteiger partial charge in [-0.3, -0.25) is 14.6 Å². The van der Waals surface area contributed by atoms with Crippen LogP contribution < -0.4 is 10.2 Å². The van der Waals surface area contributed by atoms with Gasteiger partial charge in [-0.15, -0.1) is 0 Å². The van der Waals surface area contributed by atoms with E-state index in [0.29, 0.717) is 12.2 Å². The summed E-state index contributed by atoms with van der Waals surface area (Å²) in [5.41, 5.74) is 3.40. The highest BCUT2D eigenvalue weighted by molar-refractivity contribution is 6.06. The lowest BCUT2D eigenvalue weighted by atomic mass is 10.1. The third-order valence-corrected chi connectivity index (χ3v) is 4.73. The van der Waals surface area contributed by atoms with E-state index in [-0.39, 0.29) is 24.2 Å². The second kappa shape index (κ2) is 6.59. The first-order valence-electron chi connectivity index (χ1n) is 8.63. The maximum absolute atomic E-state index is 12.7. The van der Waals surface area contributed by atoms with Gasteiger partial charge in [0.15, 0.2) is 0 Å². The summed E-state index contributed by atoms with van der Waals surface area (Å²) in [4.78, 5) is 31.1. The molecule has 1 saturated heterocycles. The van der Waals surface area contributed by atoms with Crippen molar-refractivity contribution in [2.24, 2.45) is 5.92 Å². The number of aromatic nitrogens is 1. The first kappa shape index (κ1) is 16.3. The summed E-state index contributed by atoms with van der Waals surface area (Å²) in [7, 11) is 0. The molecule has 5 nitrogen and oxygen atoms in total. The summed E-state index contributed by atoms with van der Waals surface area (Å²) >= 11 is 0. The molecule has 2 amide bonds. The minimum Gasteiger partial charge on any atom is -0.324 e. The lowest BCUT2D eigenvalue weighted by Crippen LogP contribution is -2.28. The molecule has 0 aliphatic carbocycles. The number of anilines is 2. The van der Waals surface area contributed by atoms with Gasteiger partial charge in [0.2, 0.25) is 11.8 Å². The molecule has 1 aromatic heterocycles. The van der Waals surface area contributed by atoms with Crippen molar-refractivity contribution in [2.45, 2.75) is 13.3 Å². The van der Waals surface area contributed by atoms with Gasteiger partial charge in [-0.25, -0.2) is 0 Å². The van der Waals surface area contributed by atoms with Gasteiger partial charge in [0.25, 0.3) is 0 Å². The highest BCUT2D eigenvalue weighted by Gasteiger charge is 2.35. The van der Waals surface area contributed by atoms with Crippen molar-refractivity contribution >= 4 is 34.1 Å². The third-order valence-electron chi connectivity index (χ3n) is 4.73. The number of amides is 2. The Morgan fingerprint density at radius 1 is 1.12 bits per heavy atom. The van der Waals surface area contributed by atoms with Gasteiger partial charge >= 0.3 is 0 Å². The molecule has 1 fully saturated rings. The quantitative estimate of drug-likeness (QED) is 0.790. The fourth-order valence-electron chi connectivity index (χ4n) is 3.30. The van der Waals surface area contributed by atoms with Crippen LogP contribution in [0, 0.1) is 12.8 Å². The van der Waals surface area contributed by atoms with Gasteiger partial charge in [-0.2, -0.15) is 0 Å². The molecule has 1 N–H and O–H groups in total. The summed E-state index contributed by atoms with van der Waals surface area (Å²) in [5.74, 6) is -0.543. The smallest absolute Gasteiger partial charge is 0.229 e. The number of aryl methyl sites for hydroxylation is 1. The molecule has 130 valence electrons. The van der Waals surface area contributed by atoms with E-state index in [1.807, 2.05) is 61.5 Å². The third kappa shape index (κ3) is 3.04. The largest absolute Gasteiger partial charge is 0.324 e. The average Bonchev–Trinajstić information content (AvgIpc) is 3.05. The molecule has 1 aliphatic rings. The number of carbonyl (C=O) groups excluding carboxylic acids is 2. The first-order chi connectivity index (χ1) is 12.6. The number of nitrogens with zero attached hydrogens (tertiary/aromatic N) is 2. The Morgan fingerprint density at radius 3 is 2.69 bits per heavy atom. The van der Waals surface area contributed by atoms with Crippen molar-refractivity contribution < 1.29 is 9.59 Å². The second-order valence-electron chi connectivity index (χ2n) is 6.61. The van der Waals surface area contributed by atoms with E-state index in [1.54, 1.807) is 11.1 Å². The molecular formula is C21H19N3O2. The zero-order valence-electron chi connectivity index (χ0n) is 14.5. The molecule has 2 heterocycles. The number of hydrogen-bond donors (Lipinski definition) is 1. The van der Waals surface area contributed by atoms with E-state index in [2.05, 4.69) is 10.3 Å². The number of benzene rings is 2. The molecular weight excluding hydrogens is 326 g/mol.